The average molecular weight is 336 g/mol. The summed E-state index contributed by atoms with van der Waals surface area (Å²) in [6.45, 7) is 3.17. The number of nitrogens with zero attached hydrogens (tertiary/aromatic N) is 6. The van der Waals surface area contributed by atoms with E-state index in [4.69, 9.17) is 0 Å². The fourth-order valence-electron chi connectivity index (χ4n) is 2.71. The van der Waals surface area contributed by atoms with Crippen molar-refractivity contribution in [3.05, 3.63) is 36.2 Å². The van der Waals surface area contributed by atoms with Gasteiger partial charge in [-0.05, 0) is 35.5 Å². The quantitative estimate of drug-likeness (QED) is 0.789. The summed E-state index contributed by atoms with van der Waals surface area (Å²) < 4.78 is 26.6. The van der Waals surface area contributed by atoms with Crippen LogP contribution in [0.3, 0.4) is 0 Å². The second-order valence-electron chi connectivity index (χ2n) is 5.63. The number of tetrazole rings is 1. The molecule has 0 atom stereocenters. The first-order chi connectivity index (χ1) is 11.0. The molecule has 0 spiro atoms. The van der Waals surface area contributed by atoms with Crippen molar-refractivity contribution in [2.45, 2.75) is 13.0 Å². The third kappa shape index (κ3) is 3.92. The fourth-order valence-corrected chi connectivity index (χ4v) is 3.59. The molecule has 2 heterocycles. The van der Waals surface area contributed by atoms with E-state index in [0.717, 1.165) is 24.5 Å². The molecule has 9 heteroatoms. The highest BCUT2D eigenvalue weighted by Crippen LogP contribution is 2.12. The molecule has 124 valence electrons. The molecule has 2 aromatic rings. The van der Waals surface area contributed by atoms with E-state index in [0.29, 0.717) is 26.2 Å². The van der Waals surface area contributed by atoms with Crippen LogP contribution in [0.2, 0.25) is 0 Å². The highest BCUT2D eigenvalue weighted by molar-refractivity contribution is 7.88. The smallest absolute Gasteiger partial charge is 0.211 e. The zero-order valence-corrected chi connectivity index (χ0v) is 13.9. The molecule has 0 unspecified atom stereocenters. The lowest BCUT2D eigenvalue weighted by Crippen LogP contribution is -2.34. The van der Waals surface area contributed by atoms with Crippen molar-refractivity contribution >= 4 is 10.0 Å². The van der Waals surface area contributed by atoms with Crippen LogP contribution in [0.25, 0.3) is 5.69 Å². The lowest BCUT2D eigenvalue weighted by atomic mass is 10.3. The van der Waals surface area contributed by atoms with Gasteiger partial charge in [-0.3, -0.25) is 4.90 Å². The second-order valence-corrected chi connectivity index (χ2v) is 7.62. The molecule has 1 aliphatic rings. The van der Waals surface area contributed by atoms with Gasteiger partial charge in [0.15, 0.2) is 5.82 Å². The highest BCUT2D eigenvalue weighted by atomic mass is 32.2. The maximum absolute atomic E-state index is 11.7. The molecule has 0 saturated carbocycles. The van der Waals surface area contributed by atoms with Crippen LogP contribution in [0.1, 0.15) is 12.2 Å². The van der Waals surface area contributed by atoms with Crippen molar-refractivity contribution in [1.82, 2.24) is 29.4 Å². The van der Waals surface area contributed by atoms with Gasteiger partial charge in [-0.15, -0.1) is 5.10 Å². The Morgan fingerprint density at radius 1 is 1.09 bits per heavy atom. The van der Waals surface area contributed by atoms with E-state index in [2.05, 4.69) is 20.4 Å². The maximum Gasteiger partial charge on any atom is 0.211 e. The zero-order chi connectivity index (χ0) is 16.3. The topological polar surface area (TPSA) is 84.2 Å². The largest absolute Gasteiger partial charge is 0.295 e. The number of hydrogen-bond donors (Lipinski definition) is 0. The summed E-state index contributed by atoms with van der Waals surface area (Å²) in [6.07, 6.45) is 2.07. The van der Waals surface area contributed by atoms with Gasteiger partial charge in [-0.1, -0.05) is 18.2 Å². The van der Waals surface area contributed by atoms with E-state index in [1.54, 1.807) is 4.68 Å². The van der Waals surface area contributed by atoms with Crippen LogP contribution >= 0.6 is 0 Å². The van der Waals surface area contributed by atoms with Gasteiger partial charge in [-0.25, -0.2) is 12.7 Å². The first-order valence-electron chi connectivity index (χ1n) is 7.54. The Morgan fingerprint density at radius 2 is 1.87 bits per heavy atom. The third-order valence-electron chi connectivity index (χ3n) is 3.92. The van der Waals surface area contributed by atoms with Crippen molar-refractivity contribution in [2.24, 2.45) is 0 Å². The molecule has 23 heavy (non-hydrogen) atoms. The Balaban J connectivity index is 1.70. The van der Waals surface area contributed by atoms with Crippen LogP contribution in [-0.4, -0.2) is 70.3 Å². The minimum Gasteiger partial charge on any atom is -0.295 e. The van der Waals surface area contributed by atoms with Crippen molar-refractivity contribution in [2.75, 3.05) is 32.4 Å². The molecule has 1 aliphatic heterocycles. The molecule has 1 fully saturated rings. The standard InChI is InChI=1S/C14H20N6O2S/c1-23(21,22)19-9-5-8-18(10-11-19)12-14-15-16-17-20(14)13-6-3-2-4-7-13/h2-4,6-7H,5,8-12H2,1H3. The molecule has 3 rings (SSSR count). The molecule has 0 N–H and O–H groups in total. The molecular formula is C14H20N6O2S. The molecule has 0 radical (unpaired) electrons. The summed E-state index contributed by atoms with van der Waals surface area (Å²) in [6, 6.07) is 9.73. The number of benzene rings is 1. The second kappa shape index (κ2) is 6.73. The van der Waals surface area contributed by atoms with Gasteiger partial charge in [0.25, 0.3) is 0 Å². The summed E-state index contributed by atoms with van der Waals surface area (Å²) >= 11 is 0. The van der Waals surface area contributed by atoms with Crippen LogP contribution in [-0.2, 0) is 16.6 Å². The molecule has 0 bridgehead atoms. The van der Waals surface area contributed by atoms with Gasteiger partial charge in [0.05, 0.1) is 18.5 Å². The van der Waals surface area contributed by atoms with Gasteiger partial charge >= 0.3 is 0 Å². The first kappa shape index (κ1) is 16.0. The fraction of sp³-hybridized carbons (Fsp3) is 0.500. The minimum absolute atomic E-state index is 0.506. The monoisotopic (exact) mass is 336 g/mol. The number of para-hydroxylation sites is 1. The first-order valence-corrected chi connectivity index (χ1v) is 9.39. The number of aromatic nitrogens is 4. The summed E-state index contributed by atoms with van der Waals surface area (Å²) in [5.41, 5.74) is 0.917. The van der Waals surface area contributed by atoms with Crippen LogP contribution in [0.5, 0.6) is 0 Å². The van der Waals surface area contributed by atoms with E-state index in [1.807, 2.05) is 30.3 Å². The van der Waals surface area contributed by atoms with Crippen molar-refractivity contribution in [1.29, 1.82) is 0 Å². The molecule has 0 amide bonds. The predicted octanol–water partition coefficient (Wildman–Crippen LogP) is 0.130. The summed E-state index contributed by atoms with van der Waals surface area (Å²) in [4.78, 5) is 2.19. The average Bonchev–Trinajstić information content (AvgIpc) is 2.84. The van der Waals surface area contributed by atoms with E-state index >= 15 is 0 Å². The normalized spacial score (nSPS) is 18.0. The van der Waals surface area contributed by atoms with Crippen molar-refractivity contribution < 1.29 is 8.42 Å². The number of hydrogen-bond acceptors (Lipinski definition) is 6. The minimum atomic E-state index is -3.12. The number of sulfonamides is 1. The Labute approximate surface area is 135 Å². The van der Waals surface area contributed by atoms with Gasteiger partial charge in [0, 0.05) is 19.6 Å². The molecule has 1 aromatic carbocycles. The van der Waals surface area contributed by atoms with Gasteiger partial charge in [0.1, 0.15) is 0 Å². The third-order valence-corrected chi connectivity index (χ3v) is 5.22. The van der Waals surface area contributed by atoms with Crippen LogP contribution < -0.4 is 0 Å². The van der Waals surface area contributed by atoms with E-state index in [-0.39, 0.29) is 0 Å². The predicted molar refractivity (Wildman–Crippen MR) is 85.5 cm³/mol. The summed E-state index contributed by atoms with van der Waals surface area (Å²) in [5.74, 6) is 0.754. The van der Waals surface area contributed by atoms with Crippen LogP contribution in [0.15, 0.2) is 30.3 Å². The van der Waals surface area contributed by atoms with Crippen LogP contribution in [0, 0.1) is 0 Å². The number of rotatable bonds is 4. The molecule has 0 aliphatic carbocycles. The maximum atomic E-state index is 11.7. The Kier molecular flexibility index (Phi) is 4.69. The summed E-state index contributed by atoms with van der Waals surface area (Å²) in [7, 11) is -3.12. The zero-order valence-electron chi connectivity index (χ0n) is 13.0. The Morgan fingerprint density at radius 3 is 2.61 bits per heavy atom. The SMILES string of the molecule is CS(=O)(=O)N1CCCN(Cc2nnnn2-c2ccccc2)CC1. The molecular weight excluding hydrogens is 316 g/mol. The van der Waals surface area contributed by atoms with Gasteiger partial charge in [-0.2, -0.15) is 4.68 Å². The van der Waals surface area contributed by atoms with Crippen molar-refractivity contribution in [3.8, 4) is 5.69 Å². The van der Waals surface area contributed by atoms with Crippen molar-refractivity contribution in [3.63, 3.8) is 0 Å². The molecule has 8 nitrogen and oxygen atoms in total. The van der Waals surface area contributed by atoms with Crippen LogP contribution in [0.4, 0.5) is 0 Å². The molecule has 1 saturated heterocycles. The lowest BCUT2D eigenvalue weighted by Gasteiger charge is -2.20. The lowest BCUT2D eigenvalue weighted by molar-refractivity contribution is 0.269. The van der Waals surface area contributed by atoms with Gasteiger partial charge < -0.3 is 0 Å². The van der Waals surface area contributed by atoms with E-state index in [1.165, 1.54) is 10.6 Å². The summed E-state index contributed by atoms with van der Waals surface area (Å²) in [5, 5.41) is 11.9. The van der Waals surface area contributed by atoms with Gasteiger partial charge in [0.2, 0.25) is 10.0 Å². The highest BCUT2D eigenvalue weighted by Gasteiger charge is 2.22. The molecule has 1 aromatic heterocycles. The van der Waals surface area contributed by atoms with E-state index in [9.17, 15) is 8.42 Å². The Hall–Kier alpha value is -1.84. The van der Waals surface area contributed by atoms with E-state index < -0.39 is 10.0 Å². The Bertz CT molecular complexity index is 746.